The number of carbonyl (C=O) groups excluding carboxylic acids is 1. The third kappa shape index (κ3) is 8.95. The molecule has 0 aromatic rings. The van der Waals surface area contributed by atoms with Gasteiger partial charge in [0, 0.05) is 60.3 Å². The van der Waals surface area contributed by atoms with Gasteiger partial charge in [-0.1, -0.05) is 55.8 Å². The van der Waals surface area contributed by atoms with Gasteiger partial charge in [-0.05, 0) is 40.2 Å². The minimum absolute atomic E-state index is 0. The van der Waals surface area contributed by atoms with Crippen molar-refractivity contribution in [1.29, 1.82) is 0 Å². The Morgan fingerprint density at radius 2 is 1.65 bits per heavy atom. The topological polar surface area (TPSA) is 40.5 Å². The van der Waals surface area contributed by atoms with Crippen LogP contribution in [0.1, 0.15) is 54.9 Å². The molecule has 0 aliphatic rings. The summed E-state index contributed by atoms with van der Waals surface area (Å²) in [4.78, 5) is 14.9. The molecule has 0 rings (SSSR count). The monoisotopic (exact) mass is 602 g/mol. The summed E-state index contributed by atoms with van der Waals surface area (Å²) in [6.07, 6.45) is 4.16. The summed E-state index contributed by atoms with van der Waals surface area (Å²) in [7, 11) is 1.93. The van der Waals surface area contributed by atoms with Crippen molar-refractivity contribution in [3.05, 3.63) is 12.2 Å². The van der Waals surface area contributed by atoms with E-state index in [4.69, 9.17) is 0 Å². The van der Waals surface area contributed by atoms with Crippen molar-refractivity contribution in [2.24, 2.45) is 11.3 Å². The maximum atomic E-state index is 12.9. The first-order valence-electron chi connectivity index (χ1n) is 8.00. The van der Waals surface area contributed by atoms with Gasteiger partial charge in [-0.2, -0.15) is 0 Å². The van der Waals surface area contributed by atoms with Crippen molar-refractivity contribution in [2.75, 3.05) is 12.4 Å². The number of alkyl halides is 1. The SMILES string of the molecule is CC(C/C=C/CBr)C(O)C(C(=O)C(C)(C)C)N(C)C(C)(C)C.[Ac]. The van der Waals surface area contributed by atoms with Crippen LogP contribution in [0, 0.1) is 55.4 Å². The second kappa shape index (κ2) is 11.1. The number of allylic oxidation sites excluding steroid dienone is 2. The Labute approximate surface area is 187 Å². The summed E-state index contributed by atoms with van der Waals surface area (Å²) in [6.45, 7) is 14.0. The van der Waals surface area contributed by atoms with Crippen LogP contribution in [0.5, 0.6) is 0 Å². The molecule has 0 amide bonds. The number of halogens is 1. The molecule has 0 heterocycles. The first-order chi connectivity index (χ1) is 9.84. The van der Waals surface area contributed by atoms with Crippen LogP contribution in [-0.2, 0) is 4.79 Å². The Morgan fingerprint density at radius 1 is 1.17 bits per heavy atom. The smallest absolute Gasteiger partial charge is 0.157 e. The van der Waals surface area contributed by atoms with Crippen LogP contribution in [0.15, 0.2) is 12.2 Å². The number of nitrogens with zero attached hydrogens (tertiary/aromatic N) is 1. The largest absolute Gasteiger partial charge is 0.391 e. The maximum Gasteiger partial charge on any atom is 0.157 e. The molecule has 5 heteroatoms. The van der Waals surface area contributed by atoms with E-state index in [0.717, 1.165) is 11.8 Å². The Morgan fingerprint density at radius 3 is 2.00 bits per heavy atom. The molecule has 0 saturated carbocycles. The van der Waals surface area contributed by atoms with E-state index in [0.29, 0.717) is 0 Å². The van der Waals surface area contributed by atoms with E-state index in [9.17, 15) is 9.90 Å². The summed E-state index contributed by atoms with van der Waals surface area (Å²) in [5, 5.41) is 11.6. The molecule has 133 valence electrons. The zero-order valence-electron chi connectivity index (χ0n) is 16.1. The minimum Gasteiger partial charge on any atom is -0.391 e. The molecular formula is C18H34AcBrNO2. The molecule has 0 saturated heterocycles. The van der Waals surface area contributed by atoms with Crippen LogP contribution in [0.3, 0.4) is 0 Å². The van der Waals surface area contributed by atoms with Crippen molar-refractivity contribution < 1.29 is 54.0 Å². The molecule has 3 nitrogen and oxygen atoms in total. The third-order valence-electron chi connectivity index (χ3n) is 4.15. The number of aliphatic hydroxyl groups excluding tert-OH is 1. The molecule has 0 bridgehead atoms. The van der Waals surface area contributed by atoms with Crippen LogP contribution in [0.2, 0.25) is 0 Å². The van der Waals surface area contributed by atoms with Gasteiger partial charge in [-0.25, -0.2) is 0 Å². The average Bonchev–Trinajstić information content (AvgIpc) is 2.36. The fourth-order valence-corrected chi connectivity index (χ4v) is 2.51. The van der Waals surface area contributed by atoms with Gasteiger partial charge in [0.2, 0.25) is 0 Å². The molecule has 1 N–H and O–H groups in total. The molecule has 0 spiro atoms. The number of rotatable bonds is 7. The number of Topliss-reactive ketones (excluding diaryl/α,β-unsaturated/α-hetero) is 1. The van der Waals surface area contributed by atoms with Gasteiger partial charge in [-0.3, -0.25) is 9.69 Å². The van der Waals surface area contributed by atoms with Gasteiger partial charge in [0.05, 0.1) is 12.1 Å². The minimum atomic E-state index is -0.684. The normalized spacial score (nSPS) is 17.0. The summed E-state index contributed by atoms with van der Waals surface area (Å²) in [5.41, 5.74) is -0.658. The Kier molecular flexibility index (Phi) is 12.7. The van der Waals surface area contributed by atoms with E-state index in [-0.39, 0.29) is 61.3 Å². The standard InChI is InChI=1S/C18H34BrNO2.Ac/c1-13(11-9-10-12-19)15(21)14(16(22)17(2,3)4)20(8)18(5,6)7;/h9-10,13-15,21H,11-12H2,1-8H3;/b10-9+;. The van der Waals surface area contributed by atoms with Gasteiger partial charge < -0.3 is 5.11 Å². The molecule has 0 fully saturated rings. The van der Waals surface area contributed by atoms with Gasteiger partial charge in [0.25, 0.3) is 0 Å². The predicted molar refractivity (Wildman–Crippen MR) is 98.5 cm³/mol. The van der Waals surface area contributed by atoms with Gasteiger partial charge in [0.1, 0.15) is 0 Å². The number of ketones is 1. The van der Waals surface area contributed by atoms with Crippen LogP contribution >= 0.6 is 15.9 Å². The van der Waals surface area contributed by atoms with Crippen LogP contribution in [0.25, 0.3) is 0 Å². The van der Waals surface area contributed by atoms with Gasteiger partial charge in [0.15, 0.2) is 5.78 Å². The number of aliphatic hydroxyl groups is 1. The molecule has 0 aromatic carbocycles. The van der Waals surface area contributed by atoms with E-state index < -0.39 is 17.6 Å². The zero-order valence-corrected chi connectivity index (χ0v) is 22.4. The van der Waals surface area contributed by atoms with Crippen LogP contribution in [-0.4, -0.2) is 45.9 Å². The van der Waals surface area contributed by atoms with E-state index in [1.54, 1.807) is 0 Å². The van der Waals surface area contributed by atoms with Crippen molar-refractivity contribution in [3.8, 4) is 0 Å². The Balaban J connectivity index is 0. The predicted octanol–water partition coefficient (Wildman–Crippen LogP) is 4.04. The molecule has 0 aliphatic heterocycles. The molecule has 1 radical (unpaired) electrons. The fraction of sp³-hybridized carbons (Fsp3) is 0.833. The number of hydrogen-bond acceptors (Lipinski definition) is 3. The fourth-order valence-electron chi connectivity index (χ4n) is 2.25. The van der Waals surface area contributed by atoms with E-state index in [1.807, 2.05) is 45.7 Å². The van der Waals surface area contributed by atoms with Gasteiger partial charge >= 0.3 is 0 Å². The Bertz CT molecular complexity index is 385. The van der Waals surface area contributed by atoms with E-state index in [2.05, 4.69) is 42.8 Å². The molecule has 3 atom stereocenters. The average molecular weight is 603 g/mol. The number of hydrogen-bond donors (Lipinski definition) is 1. The molecule has 3 unspecified atom stereocenters. The first kappa shape index (κ1) is 26.5. The second-order valence-electron chi connectivity index (χ2n) is 8.17. The van der Waals surface area contributed by atoms with Crippen molar-refractivity contribution in [1.82, 2.24) is 4.90 Å². The van der Waals surface area contributed by atoms with E-state index in [1.165, 1.54) is 0 Å². The molecule has 0 aliphatic carbocycles. The summed E-state index contributed by atoms with van der Waals surface area (Å²) in [6, 6.07) is -0.493. The second-order valence-corrected chi connectivity index (χ2v) is 8.82. The molecular weight excluding hydrogens is 569 g/mol. The first-order valence-corrected chi connectivity index (χ1v) is 9.12. The quantitative estimate of drug-likeness (QED) is 0.353. The van der Waals surface area contributed by atoms with Crippen LogP contribution < -0.4 is 0 Å². The maximum absolute atomic E-state index is 12.9. The number of likely N-dealkylation sites (N-methyl/N-ethyl adjacent to an activating group) is 1. The van der Waals surface area contributed by atoms with Crippen LogP contribution in [0.4, 0.5) is 0 Å². The number of carbonyl (C=O) groups is 1. The van der Waals surface area contributed by atoms with Crippen molar-refractivity contribution >= 4 is 21.7 Å². The summed E-state index contributed by atoms with van der Waals surface area (Å²) in [5.74, 6) is 0.116. The van der Waals surface area contributed by atoms with Crippen molar-refractivity contribution in [2.45, 2.75) is 72.6 Å². The molecule has 23 heavy (non-hydrogen) atoms. The van der Waals surface area contributed by atoms with Gasteiger partial charge in [-0.15, -0.1) is 0 Å². The van der Waals surface area contributed by atoms with E-state index >= 15 is 0 Å². The zero-order chi connectivity index (χ0) is 17.7. The summed E-state index contributed by atoms with van der Waals surface area (Å²) >= 11 is 3.35. The summed E-state index contributed by atoms with van der Waals surface area (Å²) < 4.78 is 0. The van der Waals surface area contributed by atoms with Crippen molar-refractivity contribution in [3.63, 3.8) is 0 Å². The molecule has 0 aromatic heterocycles. The third-order valence-corrected chi connectivity index (χ3v) is 4.53. The Hall–Kier alpha value is 1.25.